The van der Waals surface area contributed by atoms with E-state index in [2.05, 4.69) is 29.5 Å². The third-order valence-corrected chi connectivity index (χ3v) is 5.80. The molecule has 0 spiro atoms. The first-order valence-corrected chi connectivity index (χ1v) is 9.42. The molecule has 0 bridgehead atoms. The molecule has 1 N–H and O–H groups in total. The van der Waals surface area contributed by atoms with Crippen LogP contribution in [0.15, 0.2) is 48.5 Å². The standard InChI is InChI=1S/C20H18FN3OS/c1-12-5-3-4-6-16(12)19-18-13(2)23-24(15-9-7-14(21)8-10-15)20(18)22-17(25)11-26-19/h3-10,19H,11H2,1-2H3,(H,22,25)/t19-/m0/s1. The summed E-state index contributed by atoms with van der Waals surface area (Å²) in [6.45, 7) is 4.03. The second kappa shape index (κ2) is 6.61. The van der Waals surface area contributed by atoms with Crippen molar-refractivity contribution in [2.24, 2.45) is 0 Å². The Morgan fingerprint density at radius 3 is 2.62 bits per heavy atom. The van der Waals surface area contributed by atoms with Gasteiger partial charge in [0.1, 0.15) is 11.6 Å². The van der Waals surface area contributed by atoms with Crippen molar-refractivity contribution < 1.29 is 9.18 Å². The van der Waals surface area contributed by atoms with Crippen LogP contribution in [-0.2, 0) is 4.79 Å². The van der Waals surface area contributed by atoms with Gasteiger partial charge in [-0.1, -0.05) is 24.3 Å². The highest BCUT2D eigenvalue weighted by Crippen LogP contribution is 2.44. The zero-order valence-corrected chi connectivity index (χ0v) is 15.3. The van der Waals surface area contributed by atoms with Gasteiger partial charge in [0.05, 0.1) is 22.4 Å². The number of fused-ring (bicyclic) bond motifs is 1. The molecule has 0 saturated heterocycles. The van der Waals surface area contributed by atoms with Crippen LogP contribution in [0.3, 0.4) is 0 Å². The molecule has 132 valence electrons. The largest absolute Gasteiger partial charge is 0.310 e. The van der Waals surface area contributed by atoms with Crippen LogP contribution in [0.1, 0.15) is 27.6 Å². The summed E-state index contributed by atoms with van der Waals surface area (Å²) in [5.74, 6) is 0.672. The Morgan fingerprint density at radius 2 is 1.88 bits per heavy atom. The lowest BCUT2D eigenvalue weighted by molar-refractivity contribution is -0.113. The number of rotatable bonds is 2. The van der Waals surface area contributed by atoms with Gasteiger partial charge in [0, 0.05) is 5.56 Å². The number of nitrogens with one attached hydrogen (secondary N) is 1. The van der Waals surface area contributed by atoms with Gasteiger partial charge in [0.15, 0.2) is 0 Å². The number of hydrogen-bond acceptors (Lipinski definition) is 3. The number of halogens is 1. The van der Waals surface area contributed by atoms with Crippen LogP contribution in [0.4, 0.5) is 10.2 Å². The normalized spacial score (nSPS) is 16.7. The smallest absolute Gasteiger partial charge is 0.235 e. The summed E-state index contributed by atoms with van der Waals surface area (Å²) < 4.78 is 15.0. The Balaban J connectivity index is 1.91. The number of nitrogens with zero attached hydrogens (tertiary/aromatic N) is 2. The monoisotopic (exact) mass is 367 g/mol. The van der Waals surface area contributed by atoms with E-state index in [0.717, 1.165) is 11.3 Å². The molecule has 0 saturated carbocycles. The van der Waals surface area contributed by atoms with Crippen molar-refractivity contribution in [2.75, 3.05) is 11.1 Å². The predicted octanol–water partition coefficient (Wildman–Crippen LogP) is 4.40. The van der Waals surface area contributed by atoms with Gasteiger partial charge >= 0.3 is 0 Å². The first kappa shape index (κ1) is 16.8. The Morgan fingerprint density at radius 1 is 1.15 bits per heavy atom. The molecule has 3 aromatic rings. The average Bonchev–Trinajstić information content (AvgIpc) is 2.83. The third kappa shape index (κ3) is 2.90. The van der Waals surface area contributed by atoms with Gasteiger partial charge in [-0.15, -0.1) is 11.8 Å². The Bertz CT molecular complexity index is 981. The van der Waals surface area contributed by atoms with Gasteiger partial charge in [0.2, 0.25) is 5.91 Å². The fourth-order valence-electron chi connectivity index (χ4n) is 3.28. The Hall–Kier alpha value is -2.60. The molecule has 1 atom stereocenters. The van der Waals surface area contributed by atoms with Crippen molar-refractivity contribution in [2.45, 2.75) is 19.1 Å². The van der Waals surface area contributed by atoms with Gasteiger partial charge in [-0.2, -0.15) is 5.10 Å². The van der Waals surface area contributed by atoms with Gasteiger partial charge < -0.3 is 5.32 Å². The minimum Gasteiger partial charge on any atom is -0.310 e. The second-order valence-corrected chi connectivity index (χ2v) is 7.43. The summed E-state index contributed by atoms with van der Waals surface area (Å²) in [6.07, 6.45) is 0. The van der Waals surface area contributed by atoms with Crippen LogP contribution in [0.25, 0.3) is 5.69 Å². The molecule has 0 radical (unpaired) electrons. The lowest BCUT2D eigenvalue weighted by Crippen LogP contribution is -2.15. The summed E-state index contributed by atoms with van der Waals surface area (Å²) in [5.41, 5.74) is 4.93. The number of hydrogen-bond donors (Lipinski definition) is 1. The van der Waals surface area contributed by atoms with Gasteiger partial charge in [-0.3, -0.25) is 4.79 Å². The van der Waals surface area contributed by atoms with E-state index < -0.39 is 0 Å². The molecule has 1 aliphatic rings. The number of anilines is 1. The Kier molecular flexibility index (Phi) is 4.28. The molecule has 4 nitrogen and oxygen atoms in total. The molecule has 0 fully saturated rings. The fraction of sp³-hybridized carbons (Fsp3) is 0.200. The molecule has 2 aromatic carbocycles. The molecular formula is C20H18FN3OS. The number of aryl methyl sites for hydroxylation is 2. The highest BCUT2D eigenvalue weighted by atomic mass is 32.2. The molecule has 0 aliphatic carbocycles. The summed E-state index contributed by atoms with van der Waals surface area (Å²) in [5, 5.41) is 7.64. The second-order valence-electron chi connectivity index (χ2n) is 6.33. The van der Waals surface area contributed by atoms with Crippen molar-refractivity contribution in [1.29, 1.82) is 0 Å². The van der Waals surface area contributed by atoms with Crippen molar-refractivity contribution in [3.63, 3.8) is 0 Å². The van der Waals surface area contributed by atoms with Crippen LogP contribution in [-0.4, -0.2) is 21.4 Å². The van der Waals surface area contributed by atoms with Gasteiger partial charge in [-0.05, 0) is 49.2 Å². The summed E-state index contributed by atoms with van der Waals surface area (Å²) >= 11 is 1.60. The van der Waals surface area contributed by atoms with Crippen LogP contribution >= 0.6 is 11.8 Å². The van der Waals surface area contributed by atoms with E-state index in [1.165, 1.54) is 23.3 Å². The average molecular weight is 367 g/mol. The third-order valence-electron chi connectivity index (χ3n) is 4.55. The van der Waals surface area contributed by atoms with Crippen molar-refractivity contribution >= 4 is 23.5 Å². The summed E-state index contributed by atoms with van der Waals surface area (Å²) in [7, 11) is 0. The molecule has 4 rings (SSSR count). The SMILES string of the molecule is Cc1ccccc1[C@@H]1SCC(=O)Nc2c1c(C)nn2-c1ccc(F)cc1. The minimum absolute atomic E-state index is 0.0133. The molecule has 1 aromatic heterocycles. The number of carbonyl (C=O) groups is 1. The van der Waals surface area contributed by atoms with E-state index >= 15 is 0 Å². The maximum atomic E-state index is 13.3. The van der Waals surface area contributed by atoms with E-state index in [1.54, 1.807) is 28.6 Å². The minimum atomic E-state index is -0.305. The van der Waals surface area contributed by atoms with Crippen LogP contribution < -0.4 is 5.32 Å². The number of thioether (sulfide) groups is 1. The van der Waals surface area contributed by atoms with Crippen molar-refractivity contribution in [3.8, 4) is 5.69 Å². The van der Waals surface area contributed by atoms with Gasteiger partial charge in [-0.25, -0.2) is 9.07 Å². The molecule has 6 heteroatoms. The lowest BCUT2D eigenvalue weighted by Gasteiger charge is -2.17. The molecule has 1 amide bonds. The number of aromatic nitrogens is 2. The first-order valence-electron chi connectivity index (χ1n) is 8.37. The molecule has 2 heterocycles. The van der Waals surface area contributed by atoms with E-state index in [1.807, 2.05) is 19.1 Å². The molecule has 26 heavy (non-hydrogen) atoms. The molecule has 1 aliphatic heterocycles. The summed E-state index contributed by atoms with van der Waals surface area (Å²) in [4.78, 5) is 12.3. The zero-order chi connectivity index (χ0) is 18.3. The van der Waals surface area contributed by atoms with E-state index in [0.29, 0.717) is 17.3 Å². The first-order chi connectivity index (χ1) is 12.5. The number of carbonyl (C=O) groups excluding carboxylic acids is 1. The zero-order valence-electron chi connectivity index (χ0n) is 14.5. The molecular weight excluding hydrogens is 349 g/mol. The quantitative estimate of drug-likeness (QED) is 0.730. The number of benzene rings is 2. The fourth-order valence-corrected chi connectivity index (χ4v) is 4.56. The highest BCUT2D eigenvalue weighted by molar-refractivity contribution is 8.00. The predicted molar refractivity (Wildman–Crippen MR) is 102 cm³/mol. The van der Waals surface area contributed by atoms with Crippen molar-refractivity contribution in [1.82, 2.24) is 9.78 Å². The molecule has 0 unspecified atom stereocenters. The van der Waals surface area contributed by atoms with E-state index in [9.17, 15) is 9.18 Å². The van der Waals surface area contributed by atoms with E-state index in [4.69, 9.17) is 0 Å². The lowest BCUT2D eigenvalue weighted by atomic mass is 10.00. The van der Waals surface area contributed by atoms with E-state index in [-0.39, 0.29) is 17.0 Å². The topological polar surface area (TPSA) is 46.9 Å². The highest BCUT2D eigenvalue weighted by Gasteiger charge is 2.31. The Labute approximate surface area is 155 Å². The van der Waals surface area contributed by atoms with Crippen LogP contribution in [0.5, 0.6) is 0 Å². The van der Waals surface area contributed by atoms with Crippen molar-refractivity contribution in [3.05, 3.63) is 76.7 Å². The maximum Gasteiger partial charge on any atom is 0.235 e. The van der Waals surface area contributed by atoms with Crippen LogP contribution in [0.2, 0.25) is 0 Å². The maximum absolute atomic E-state index is 13.3. The van der Waals surface area contributed by atoms with Crippen LogP contribution in [0, 0.1) is 19.7 Å². The number of amides is 1. The van der Waals surface area contributed by atoms with Gasteiger partial charge in [0.25, 0.3) is 0 Å². The summed E-state index contributed by atoms with van der Waals surface area (Å²) in [6, 6.07) is 14.3.